The van der Waals surface area contributed by atoms with Gasteiger partial charge in [-0.1, -0.05) is 48.0 Å². The summed E-state index contributed by atoms with van der Waals surface area (Å²) in [4.78, 5) is 15.7. The Bertz CT molecular complexity index is 919. The predicted molar refractivity (Wildman–Crippen MR) is 94.2 cm³/mol. The smallest absolute Gasteiger partial charge is 0.323 e. The molecule has 122 valence electrons. The summed E-state index contributed by atoms with van der Waals surface area (Å²) in [6.07, 6.45) is 0.590. The standard InChI is InChI=1S/C19H17ClN2O2/c1-24-19(23)16-10-13-11-6-3-5-9-15(11)21-18(13)17(22-16)12-7-2-4-8-14(12)20/h2-9,16-17,21-22H,10H2,1H3/t16-,17?/m0/s1. The molecular formula is C19H17ClN2O2. The fourth-order valence-electron chi connectivity index (χ4n) is 3.48. The Kier molecular flexibility index (Phi) is 3.79. The van der Waals surface area contributed by atoms with Crippen LogP contribution in [-0.2, 0) is 16.0 Å². The first-order valence-corrected chi connectivity index (χ1v) is 8.24. The van der Waals surface area contributed by atoms with Crippen LogP contribution in [0.15, 0.2) is 48.5 Å². The molecule has 1 aliphatic heterocycles. The van der Waals surface area contributed by atoms with Crippen molar-refractivity contribution in [1.29, 1.82) is 0 Å². The summed E-state index contributed by atoms with van der Waals surface area (Å²) in [6, 6.07) is 15.2. The second-order valence-corrected chi connectivity index (χ2v) is 6.37. The van der Waals surface area contributed by atoms with Crippen LogP contribution in [0.25, 0.3) is 10.9 Å². The maximum Gasteiger partial charge on any atom is 0.323 e. The highest BCUT2D eigenvalue weighted by molar-refractivity contribution is 6.31. The van der Waals surface area contributed by atoms with Crippen LogP contribution in [-0.4, -0.2) is 24.1 Å². The van der Waals surface area contributed by atoms with E-state index in [2.05, 4.69) is 16.4 Å². The number of ether oxygens (including phenoxy) is 1. The number of halogens is 1. The Morgan fingerprint density at radius 2 is 1.92 bits per heavy atom. The van der Waals surface area contributed by atoms with Crippen molar-refractivity contribution in [2.24, 2.45) is 0 Å². The van der Waals surface area contributed by atoms with Gasteiger partial charge in [0, 0.05) is 28.0 Å². The molecule has 1 aliphatic rings. The number of esters is 1. The number of aromatic nitrogens is 1. The Morgan fingerprint density at radius 3 is 2.71 bits per heavy atom. The normalized spacial score (nSPS) is 19.9. The number of aromatic amines is 1. The number of rotatable bonds is 2. The zero-order valence-corrected chi connectivity index (χ0v) is 13.9. The minimum absolute atomic E-state index is 0.182. The molecule has 1 unspecified atom stereocenters. The van der Waals surface area contributed by atoms with Gasteiger partial charge in [-0.3, -0.25) is 10.1 Å². The Balaban J connectivity index is 1.90. The number of carbonyl (C=O) groups excluding carboxylic acids is 1. The maximum atomic E-state index is 12.2. The molecule has 2 heterocycles. The van der Waals surface area contributed by atoms with Gasteiger partial charge in [0.2, 0.25) is 0 Å². The molecule has 1 aromatic heterocycles. The number of methoxy groups -OCH3 is 1. The van der Waals surface area contributed by atoms with Gasteiger partial charge < -0.3 is 9.72 Å². The lowest BCUT2D eigenvalue weighted by Crippen LogP contribution is -2.45. The highest BCUT2D eigenvalue weighted by Crippen LogP contribution is 2.37. The first kappa shape index (κ1) is 15.2. The lowest BCUT2D eigenvalue weighted by atomic mass is 9.90. The number of hydrogen-bond donors (Lipinski definition) is 2. The lowest BCUT2D eigenvalue weighted by Gasteiger charge is -2.30. The van der Waals surface area contributed by atoms with Crippen LogP contribution in [0.5, 0.6) is 0 Å². The van der Waals surface area contributed by atoms with Crippen molar-refractivity contribution in [2.45, 2.75) is 18.5 Å². The molecule has 24 heavy (non-hydrogen) atoms. The van der Waals surface area contributed by atoms with Crippen LogP contribution >= 0.6 is 11.6 Å². The van der Waals surface area contributed by atoms with E-state index in [1.165, 1.54) is 7.11 Å². The van der Waals surface area contributed by atoms with E-state index < -0.39 is 6.04 Å². The second kappa shape index (κ2) is 5.96. The van der Waals surface area contributed by atoms with E-state index in [1.54, 1.807) is 0 Å². The highest BCUT2D eigenvalue weighted by Gasteiger charge is 2.35. The molecule has 4 rings (SSSR count). The maximum absolute atomic E-state index is 12.2. The minimum atomic E-state index is -0.400. The third-order valence-electron chi connectivity index (χ3n) is 4.61. The molecule has 0 fully saturated rings. The van der Waals surface area contributed by atoms with E-state index in [0.717, 1.165) is 27.7 Å². The monoisotopic (exact) mass is 340 g/mol. The van der Waals surface area contributed by atoms with Gasteiger partial charge in [0.1, 0.15) is 6.04 Å². The molecule has 0 spiro atoms. The van der Waals surface area contributed by atoms with Gasteiger partial charge in [-0.25, -0.2) is 0 Å². The van der Waals surface area contributed by atoms with Crippen LogP contribution in [0.2, 0.25) is 5.02 Å². The number of H-pyrrole nitrogens is 1. The summed E-state index contributed by atoms with van der Waals surface area (Å²) in [7, 11) is 1.42. The fraction of sp³-hybridized carbons (Fsp3) is 0.211. The van der Waals surface area contributed by atoms with Crippen LogP contribution in [0.4, 0.5) is 0 Å². The number of nitrogens with one attached hydrogen (secondary N) is 2. The first-order valence-electron chi connectivity index (χ1n) is 7.87. The highest BCUT2D eigenvalue weighted by atomic mass is 35.5. The summed E-state index contributed by atoms with van der Waals surface area (Å²) < 4.78 is 4.96. The molecule has 5 heteroatoms. The van der Waals surface area contributed by atoms with Crippen LogP contribution in [0.3, 0.4) is 0 Å². The Morgan fingerprint density at radius 1 is 1.17 bits per heavy atom. The van der Waals surface area contributed by atoms with Crippen molar-refractivity contribution in [3.8, 4) is 0 Å². The largest absolute Gasteiger partial charge is 0.468 e. The van der Waals surface area contributed by atoms with Gasteiger partial charge in [0.05, 0.1) is 13.2 Å². The average molecular weight is 341 g/mol. The Hall–Kier alpha value is -2.30. The number of carbonyl (C=O) groups is 1. The van der Waals surface area contributed by atoms with E-state index in [0.29, 0.717) is 11.4 Å². The van der Waals surface area contributed by atoms with E-state index in [9.17, 15) is 4.79 Å². The van der Waals surface area contributed by atoms with Gasteiger partial charge in [-0.2, -0.15) is 0 Å². The van der Waals surface area contributed by atoms with Gasteiger partial charge in [-0.15, -0.1) is 0 Å². The molecule has 0 saturated carbocycles. The van der Waals surface area contributed by atoms with Crippen molar-refractivity contribution in [3.05, 3.63) is 70.4 Å². The van der Waals surface area contributed by atoms with Crippen molar-refractivity contribution < 1.29 is 9.53 Å². The SMILES string of the molecule is COC(=O)[C@@H]1Cc2c([nH]c3ccccc23)C(c2ccccc2Cl)N1. The number of para-hydroxylation sites is 1. The zero-order chi connectivity index (χ0) is 16.7. The lowest BCUT2D eigenvalue weighted by molar-refractivity contribution is -0.143. The second-order valence-electron chi connectivity index (χ2n) is 5.96. The van der Waals surface area contributed by atoms with Gasteiger partial charge >= 0.3 is 5.97 Å². The third-order valence-corrected chi connectivity index (χ3v) is 4.96. The van der Waals surface area contributed by atoms with E-state index in [1.807, 2.05) is 42.5 Å². The molecule has 2 N–H and O–H groups in total. The van der Waals surface area contributed by atoms with Crippen LogP contribution < -0.4 is 5.32 Å². The summed E-state index contributed by atoms with van der Waals surface area (Å²) in [5.74, 6) is -0.261. The molecule has 0 bridgehead atoms. The molecule has 0 amide bonds. The minimum Gasteiger partial charge on any atom is -0.468 e. The zero-order valence-electron chi connectivity index (χ0n) is 13.2. The number of benzene rings is 2. The van der Waals surface area contributed by atoms with Gasteiger partial charge in [-0.05, 0) is 23.3 Å². The van der Waals surface area contributed by atoms with Crippen molar-refractivity contribution in [3.63, 3.8) is 0 Å². The number of hydrogen-bond acceptors (Lipinski definition) is 3. The molecule has 0 saturated heterocycles. The Labute approximate surface area is 144 Å². The number of fused-ring (bicyclic) bond motifs is 3. The molecule has 0 radical (unpaired) electrons. The summed E-state index contributed by atoms with van der Waals surface area (Å²) >= 11 is 6.41. The van der Waals surface area contributed by atoms with E-state index in [4.69, 9.17) is 16.3 Å². The quantitative estimate of drug-likeness (QED) is 0.701. The molecule has 2 atom stereocenters. The van der Waals surface area contributed by atoms with Crippen molar-refractivity contribution >= 4 is 28.5 Å². The third kappa shape index (κ3) is 2.39. The van der Waals surface area contributed by atoms with E-state index in [-0.39, 0.29) is 12.0 Å². The fourth-order valence-corrected chi connectivity index (χ4v) is 3.73. The van der Waals surface area contributed by atoms with Crippen LogP contribution in [0, 0.1) is 0 Å². The molecule has 4 nitrogen and oxygen atoms in total. The summed E-state index contributed by atoms with van der Waals surface area (Å²) in [6.45, 7) is 0. The van der Waals surface area contributed by atoms with Gasteiger partial charge in [0.25, 0.3) is 0 Å². The summed E-state index contributed by atoms with van der Waals surface area (Å²) in [5, 5.41) is 5.20. The molecular weight excluding hydrogens is 324 g/mol. The van der Waals surface area contributed by atoms with E-state index >= 15 is 0 Å². The summed E-state index contributed by atoms with van der Waals surface area (Å²) in [5.41, 5.74) is 4.21. The topological polar surface area (TPSA) is 54.1 Å². The predicted octanol–water partition coefficient (Wildman–Crippen LogP) is 3.60. The first-order chi connectivity index (χ1) is 11.7. The van der Waals surface area contributed by atoms with Crippen molar-refractivity contribution in [2.75, 3.05) is 7.11 Å². The van der Waals surface area contributed by atoms with Gasteiger partial charge in [0.15, 0.2) is 0 Å². The molecule has 0 aliphatic carbocycles. The van der Waals surface area contributed by atoms with Crippen LogP contribution in [0.1, 0.15) is 22.9 Å². The average Bonchev–Trinajstić information content (AvgIpc) is 2.99. The van der Waals surface area contributed by atoms with Crippen molar-refractivity contribution in [1.82, 2.24) is 10.3 Å². The molecule has 2 aromatic carbocycles. The molecule has 3 aromatic rings.